The maximum Gasteiger partial charge on any atom is 0.168 e. The van der Waals surface area contributed by atoms with E-state index >= 15 is 0 Å². The fraction of sp³-hybridized carbons (Fsp3) is 0.538. The average molecular weight is 241 g/mol. The lowest BCUT2D eigenvalue weighted by Gasteiger charge is -2.32. The molecule has 94 valence electrons. The van der Waals surface area contributed by atoms with Gasteiger partial charge < -0.3 is 10.1 Å². The van der Waals surface area contributed by atoms with Crippen LogP contribution in [0.25, 0.3) is 0 Å². The third kappa shape index (κ3) is 2.41. The Morgan fingerprint density at radius 1 is 1.41 bits per heavy atom. The molecular formula is C13H17F2NO. The van der Waals surface area contributed by atoms with Crippen LogP contribution < -0.4 is 10.1 Å². The first-order valence-electron chi connectivity index (χ1n) is 5.98. The van der Waals surface area contributed by atoms with Crippen molar-refractivity contribution >= 4 is 0 Å². The van der Waals surface area contributed by atoms with Crippen molar-refractivity contribution in [3.05, 3.63) is 29.3 Å². The predicted octanol–water partition coefficient (Wildman–Crippen LogP) is 3.03. The fourth-order valence-electron chi connectivity index (χ4n) is 2.19. The van der Waals surface area contributed by atoms with Crippen molar-refractivity contribution in [3.8, 4) is 5.75 Å². The summed E-state index contributed by atoms with van der Waals surface area (Å²) >= 11 is 0. The molecule has 4 heteroatoms. The van der Waals surface area contributed by atoms with E-state index in [-0.39, 0.29) is 17.7 Å². The van der Waals surface area contributed by atoms with Crippen molar-refractivity contribution in [3.63, 3.8) is 0 Å². The Kier molecular flexibility index (Phi) is 3.62. The normalized spacial score (nSPS) is 23.1. The molecule has 2 unspecified atom stereocenters. The molecule has 0 fully saturated rings. The Balaban J connectivity index is 2.36. The minimum Gasteiger partial charge on any atom is -0.490 e. The van der Waals surface area contributed by atoms with Crippen molar-refractivity contribution in [1.82, 2.24) is 5.32 Å². The molecule has 0 radical (unpaired) electrons. The van der Waals surface area contributed by atoms with E-state index in [1.54, 1.807) is 0 Å². The zero-order valence-corrected chi connectivity index (χ0v) is 10.1. The van der Waals surface area contributed by atoms with Gasteiger partial charge in [-0.1, -0.05) is 13.8 Å². The lowest BCUT2D eigenvalue weighted by molar-refractivity contribution is 0.180. The quantitative estimate of drug-likeness (QED) is 0.878. The third-order valence-corrected chi connectivity index (χ3v) is 3.05. The predicted molar refractivity (Wildman–Crippen MR) is 62.1 cm³/mol. The highest BCUT2D eigenvalue weighted by atomic mass is 19.1. The van der Waals surface area contributed by atoms with E-state index in [0.717, 1.165) is 19.0 Å². The first-order valence-corrected chi connectivity index (χ1v) is 5.98. The van der Waals surface area contributed by atoms with E-state index in [1.807, 2.05) is 6.92 Å². The van der Waals surface area contributed by atoms with Gasteiger partial charge in [-0.25, -0.2) is 8.78 Å². The second kappa shape index (κ2) is 5.00. The second-order valence-electron chi connectivity index (χ2n) is 4.53. The summed E-state index contributed by atoms with van der Waals surface area (Å²) < 4.78 is 32.2. The number of rotatable bonds is 3. The first kappa shape index (κ1) is 12.3. The zero-order valence-electron chi connectivity index (χ0n) is 10.1. The van der Waals surface area contributed by atoms with Gasteiger partial charge in [0.2, 0.25) is 0 Å². The summed E-state index contributed by atoms with van der Waals surface area (Å²) in [5, 5.41) is 3.32. The molecule has 17 heavy (non-hydrogen) atoms. The summed E-state index contributed by atoms with van der Waals surface area (Å²) in [6.07, 6.45) is 0.983. The zero-order chi connectivity index (χ0) is 12.4. The Labute approximate surface area is 100.0 Å². The molecule has 1 N–H and O–H groups in total. The van der Waals surface area contributed by atoms with Crippen LogP contribution in [-0.2, 0) is 0 Å². The molecule has 2 nitrogen and oxygen atoms in total. The van der Waals surface area contributed by atoms with Crippen LogP contribution in [0.4, 0.5) is 8.78 Å². The maximum atomic E-state index is 13.6. The Hall–Kier alpha value is -1.16. The molecule has 1 aromatic rings. The molecule has 0 aliphatic carbocycles. The third-order valence-electron chi connectivity index (χ3n) is 3.05. The van der Waals surface area contributed by atoms with Crippen molar-refractivity contribution < 1.29 is 13.5 Å². The van der Waals surface area contributed by atoms with Crippen LogP contribution in [0.3, 0.4) is 0 Å². The topological polar surface area (TPSA) is 21.3 Å². The summed E-state index contributed by atoms with van der Waals surface area (Å²) in [6.45, 7) is 5.35. The SMILES string of the molecule is CCCNC1c2cc(F)cc(F)c2OCC1C. The molecule has 1 heterocycles. The van der Waals surface area contributed by atoms with E-state index in [2.05, 4.69) is 12.2 Å². The molecule has 1 aliphatic heterocycles. The molecule has 1 aliphatic rings. The maximum absolute atomic E-state index is 13.6. The lowest BCUT2D eigenvalue weighted by atomic mass is 9.91. The van der Waals surface area contributed by atoms with E-state index in [9.17, 15) is 8.78 Å². The van der Waals surface area contributed by atoms with E-state index in [0.29, 0.717) is 12.2 Å². The van der Waals surface area contributed by atoms with Crippen LogP contribution in [0, 0.1) is 17.6 Å². The summed E-state index contributed by atoms with van der Waals surface area (Å²) in [5.74, 6) is -0.772. The van der Waals surface area contributed by atoms with Crippen molar-refractivity contribution in [2.24, 2.45) is 5.92 Å². The van der Waals surface area contributed by atoms with Crippen LogP contribution in [0.2, 0.25) is 0 Å². The molecule has 1 aromatic carbocycles. The van der Waals surface area contributed by atoms with Crippen LogP contribution >= 0.6 is 0 Å². The second-order valence-corrected chi connectivity index (χ2v) is 4.53. The molecule has 0 saturated carbocycles. The van der Waals surface area contributed by atoms with Gasteiger partial charge in [-0.2, -0.15) is 0 Å². The van der Waals surface area contributed by atoms with Crippen LogP contribution in [-0.4, -0.2) is 13.2 Å². The van der Waals surface area contributed by atoms with Gasteiger partial charge in [0.1, 0.15) is 5.82 Å². The highest BCUT2D eigenvalue weighted by Crippen LogP contribution is 2.37. The number of hydrogen-bond donors (Lipinski definition) is 1. The average Bonchev–Trinajstić information content (AvgIpc) is 2.27. The van der Waals surface area contributed by atoms with Crippen molar-refractivity contribution in [2.45, 2.75) is 26.3 Å². The van der Waals surface area contributed by atoms with Gasteiger partial charge in [0, 0.05) is 23.6 Å². The minimum absolute atomic E-state index is 0.0381. The fourth-order valence-corrected chi connectivity index (χ4v) is 2.19. The first-order chi connectivity index (χ1) is 8.13. The van der Waals surface area contributed by atoms with Gasteiger partial charge in [-0.05, 0) is 19.0 Å². The summed E-state index contributed by atoms with van der Waals surface area (Å²) in [6, 6.07) is 2.19. The minimum atomic E-state index is -0.616. The summed E-state index contributed by atoms with van der Waals surface area (Å²) in [7, 11) is 0. The Morgan fingerprint density at radius 3 is 2.88 bits per heavy atom. The molecule has 0 aromatic heterocycles. The number of ether oxygens (including phenoxy) is 1. The molecule has 2 rings (SSSR count). The molecule has 0 amide bonds. The summed E-state index contributed by atoms with van der Waals surface area (Å²) in [4.78, 5) is 0. The molecule has 0 saturated heterocycles. The van der Waals surface area contributed by atoms with Gasteiger partial charge in [-0.3, -0.25) is 0 Å². The van der Waals surface area contributed by atoms with Crippen LogP contribution in [0.1, 0.15) is 31.9 Å². The number of nitrogens with one attached hydrogen (secondary N) is 1. The largest absolute Gasteiger partial charge is 0.490 e. The van der Waals surface area contributed by atoms with E-state index in [4.69, 9.17) is 4.74 Å². The Morgan fingerprint density at radius 2 is 2.18 bits per heavy atom. The summed E-state index contributed by atoms with van der Waals surface area (Å²) in [5.41, 5.74) is 0.592. The molecule has 2 atom stereocenters. The van der Waals surface area contributed by atoms with Gasteiger partial charge in [0.15, 0.2) is 11.6 Å². The standard InChI is InChI=1S/C13H17F2NO/c1-3-4-16-12-8(2)7-17-13-10(12)5-9(14)6-11(13)15/h5-6,8,12,16H,3-4,7H2,1-2H3. The van der Waals surface area contributed by atoms with Crippen molar-refractivity contribution in [2.75, 3.05) is 13.2 Å². The van der Waals surface area contributed by atoms with Gasteiger partial charge in [0.05, 0.1) is 6.61 Å². The van der Waals surface area contributed by atoms with Crippen LogP contribution in [0.15, 0.2) is 12.1 Å². The molecule has 0 spiro atoms. The smallest absolute Gasteiger partial charge is 0.168 e. The number of halogens is 2. The number of fused-ring (bicyclic) bond motifs is 1. The number of benzene rings is 1. The molecular weight excluding hydrogens is 224 g/mol. The van der Waals surface area contributed by atoms with E-state index in [1.165, 1.54) is 6.07 Å². The number of hydrogen-bond acceptors (Lipinski definition) is 2. The molecule has 0 bridgehead atoms. The monoisotopic (exact) mass is 241 g/mol. The van der Waals surface area contributed by atoms with Crippen molar-refractivity contribution in [1.29, 1.82) is 0 Å². The van der Waals surface area contributed by atoms with Crippen LogP contribution in [0.5, 0.6) is 5.75 Å². The van der Waals surface area contributed by atoms with Gasteiger partial charge >= 0.3 is 0 Å². The van der Waals surface area contributed by atoms with Gasteiger partial charge in [-0.15, -0.1) is 0 Å². The highest BCUT2D eigenvalue weighted by Gasteiger charge is 2.30. The highest BCUT2D eigenvalue weighted by molar-refractivity contribution is 5.40. The lowest BCUT2D eigenvalue weighted by Crippen LogP contribution is -2.34. The van der Waals surface area contributed by atoms with E-state index < -0.39 is 11.6 Å². The Bertz CT molecular complexity index is 409. The van der Waals surface area contributed by atoms with Gasteiger partial charge in [0.25, 0.3) is 0 Å².